The van der Waals surface area contributed by atoms with Gasteiger partial charge in [-0.1, -0.05) is 0 Å². The molecule has 0 aliphatic heterocycles. The topological polar surface area (TPSA) is 104 Å². The molecule has 2 aromatic rings. The summed E-state index contributed by atoms with van der Waals surface area (Å²) in [7, 11) is 0. The zero-order chi connectivity index (χ0) is 18.2. The second-order valence-electron chi connectivity index (χ2n) is 5.05. The van der Waals surface area contributed by atoms with Crippen LogP contribution in [-0.2, 0) is 4.79 Å². The SMILES string of the molecule is CCOc1ccc(OC(C)C(=O)NNC(=O)c2cc[n+]([O-])cc2)cc1. The van der Waals surface area contributed by atoms with E-state index in [1.54, 1.807) is 31.2 Å². The molecule has 0 fully saturated rings. The zero-order valence-corrected chi connectivity index (χ0v) is 13.9. The molecule has 0 spiro atoms. The Kier molecular flexibility index (Phi) is 6.16. The maximum absolute atomic E-state index is 12.0. The van der Waals surface area contributed by atoms with E-state index in [1.165, 1.54) is 24.5 Å². The summed E-state index contributed by atoms with van der Waals surface area (Å²) in [6.07, 6.45) is 1.56. The van der Waals surface area contributed by atoms with Gasteiger partial charge in [-0.25, -0.2) is 0 Å². The smallest absolute Gasteiger partial charge is 0.279 e. The highest BCUT2D eigenvalue weighted by Gasteiger charge is 2.16. The summed E-state index contributed by atoms with van der Waals surface area (Å²) in [5, 5.41) is 10.9. The van der Waals surface area contributed by atoms with E-state index in [9.17, 15) is 14.8 Å². The maximum Gasteiger partial charge on any atom is 0.279 e. The average Bonchev–Trinajstić information content (AvgIpc) is 2.61. The number of hydrazine groups is 1. The molecule has 8 heteroatoms. The van der Waals surface area contributed by atoms with Crippen molar-refractivity contribution in [3.8, 4) is 11.5 Å². The van der Waals surface area contributed by atoms with E-state index in [0.29, 0.717) is 22.8 Å². The van der Waals surface area contributed by atoms with Crippen molar-refractivity contribution in [2.45, 2.75) is 20.0 Å². The highest BCUT2D eigenvalue weighted by atomic mass is 16.5. The molecule has 1 aromatic carbocycles. The lowest BCUT2D eigenvalue weighted by atomic mass is 10.2. The third kappa shape index (κ3) is 5.38. The first-order valence-electron chi connectivity index (χ1n) is 7.68. The Hall–Kier alpha value is -3.29. The van der Waals surface area contributed by atoms with Crippen LogP contribution in [0, 0.1) is 5.21 Å². The van der Waals surface area contributed by atoms with Gasteiger partial charge in [-0.3, -0.25) is 20.4 Å². The first kappa shape index (κ1) is 18.1. The number of nitrogens with one attached hydrogen (secondary N) is 2. The fourth-order valence-electron chi connectivity index (χ4n) is 1.90. The van der Waals surface area contributed by atoms with Crippen molar-refractivity contribution >= 4 is 11.8 Å². The van der Waals surface area contributed by atoms with E-state index in [2.05, 4.69) is 10.9 Å². The summed E-state index contributed by atoms with van der Waals surface area (Å²) in [4.78, 5) is 23.8. The number of carbonyl (C=O) groups excluding carboxylic acids is 2. The number of benzene rings is 1. The summed E-state index contributed by atoms with van der Waals surface area (Å²) in [6, 6.07) is 9.54. The van der Waals surface area contributed by atoms with Crippen LogP contribution in [0.1, 0.15) is 24.2 Å². The lowest BCUT2D eigenvalue weighted by molar-refractivity contribution is -0.605. The quantitative estimate of drug-likeness (QED) is 0.461. The second-order valence-corrected chi connectivity index (χ2v) is 5.05. The van der Waals surface area contributed by atoms with Gasteiger partial charge in [-0.15, -0.1) is 0 Å². The summed E-state index contributed by atoms with van der Waals surface area (Å²) < 4.78 is 11.4. The van der Waals surface area contributed by atoms with Gasteiger partial charge >= 0.3 is 0 Å². The van der Waals surface area contributed by atoms with Gasteiger partial charge < -0.3 is 14.7 Å². The molecule has 1 aromatic heterocycles. The molecule has 2 amide bonds. The largest absolute Gasteiger partial charge is 0.619 e. The number of aromatic nitrogens is 1. The van der Waals surface area contributed by atoms with Crippen LogP contribution in [0.4, 0.5) is 0 Å². The van der Waals surface area contributed by atoms with E-state index < -0.39 is 17.9 Å². The van der Waals surface area contributed by atoms with Gasteiger partial charge in [0.25, 0.3) is 11.8 Å². The highest BCUT2D eigenvalue weighted by Crippen LogP contribution is 2.18. The standard InChI is InChI=1S/C17H19N3O5/c1-3-24-14-4-6-15(7-5-14)25-12(2)16(21)18-19-17(22)13-8-10-20(23)11-9-13/h4-12H,3H2,1-2H3,(H,18,21)(H,19,22). The molecule has 8 nitrogen and oxygen atoms in total. The molecular weight excluding hydrogens is 326 g/mol. The second kappa shape index (κ2) is 8.53. The van der Waals surface area contributed by atoms with Gasteiger partial charge in [0, 0.05) is 12.1 Å². The van der Waals surface area contributed by atoms with Crippen molar-refractivity contribution in [3.05, 3.63) is 59.6 Å². The summed E-state index contributed by atoms with van der Waals surface area (Å²) in [5.74, 6) is 0.154. The molecule has 1 heterocycles. The number of carbonyl (C=O) groups is 2. The van der Waals surface area contributed by atoms with Gasteiger partial charge in [0.1, 0.15) is 11.5 Å². The van der Waals surface area contributed by atoms with Crippen LogP contribution >= 0.6 is 0 Å². The average molecular weight is 345 g/mol. The fraction of sp³-hybridized carbons (Fsp3) is 0.235. The molecule has 0 aliphatic rings. The molecule has 1 unspecified atom stereocenters. The Morgan fingerprint density at radius 2 is 1.68 bits per heavy atom. The minimum atomic E-state index is -0.821. The van der Waals surface area contributed by atoms with Crippen LogP contribution in [0.5, 0.6) is 11.5 Å². The Morgan fingerprint density at radius 3 is 2.28 bits per heavy atom. The van der Waals surface area contributed by atoms with E-state index in [4.69, 9.17) is 9.47 Å². The molecule has 0 saturated carbocycles. The molecule has 0 saturated heterocycles. The fourth-order valence-corrected chi connectivity index (χ4v) is 1.90. The zero-order valence-electron chi connectivity index (χ0n) is 13.9. The maximum atomic E-state index is 12.0. The number of rotatable bonds is 6. The van der Waals surface area contributed by atoms with Gasteiger partial charge in [0.15, 0.2) is 18.5 Å². The van der Waals surface area contributed by atoms with Crippen molar-refractivity contribution in [1.82, 2.24) is 10.9 Å². The third-order valence-electron chi connectivity index (χ3n) is 3.18. The van der Waals surface area contributed by atoms with Crippen LogP contribution in [0.25, 0.3) is 0 Å². The minimum absolute atomic E-state index is 0.243. The van der Waals surface area contributed by atoms with Crippen LogP contribution in [-0.4, -0.2) is 24.5 Å². The van der Waals surface area contributed by atoms with Crippen LogP contribution in [0.3, 0.4) is 0 Å². The number of ether oxygens (including phenoxy) is 2. The van der Waals surface area contributed by atoms with Gasteiger partial charge in [-0.05, 0) is 38.1 Å². The lowest BCUT2D eigenvalue weighted by Crippen LogP contribution is -2.47. The molecule has 132 valence electrons. The molecule has 0 bridgehead atoms. The molecule has 1 atom stereocenters. The molecule has 0 radical (unpaired) electrons. The van der Waals surface area contributed by atoms with Crippen molar-refractivity contribution < 1.29 is 23.8 Å². The molecule has 25 heavy (non-hydrogen) atoms. The van der Waals surface area contributed by atoms with Crippen molar-refractivity contribution in [3.63, 3.8) is 0 Å². The first-order valence-corrected chi connectivity index (χ1v) is 7.68. The van der Waals surface area contributed by atoms with Crippen LogP contribution < -0.4 is 25.1 Å². The normalized spacial score (nSPS) is 11.3. The van der Waals surface area contributed by atoms with E-state index >= 15 is 0 Å². The molecular formula is C17H19N3O5. The van der Waals surface area contributed by atoms with Gasteiger partial charge in [-0.2, -0.15) is 4.73 Å². The van der Waals surface area contributed by atoms with Crippen molar-refractivity contribution in [2.24, 2.45) is 0 Å². The Balaban J connectivity index is 1.83. The third-order valence-corrected chi connectivity index (χ3v) is 3.18. The van der Waals surface area contributed by atoms with E-state index in [1.807, 2.05) is 6.92 Å². The van der Waals surface area contributed by atoms with E-state index in [-0.39, 0.29) is 5.56 Å². The highest BCUT2D eigenvalue weighted by molar-refractivity contribution is 5.95. The Labute approximate surface area is 144 Å². The van der Waals surface area contributed by atoms with Crippen molar-refractivity contribution in [1.29, 1.82) is 0 Å². The first-order chi connectivity index (χ1) is 12.0. The number of pyridine rings is 1. The minimum Gasteiger partial charge on any atom is -0.619 e. The summed E-state index contributed by atoms with van der Waals surface area (Å²) >= 11 is 0. The summed E-state index contributed by atoms with van der Waals surface area (Å²) in [5.41, 5.74) is 4.78. The lowest BCUT2D eigenvalue weighted by Gasteiger charge is -2.15. The monoisotopic (exact) mass is 345 g/mol. The van der Waals surface area contributed by atoms with Crippen LogP contribution in [0.2, 0.25) is 0 Å². The van der Waals surface area contributed by atoms with Gasteiger partial charge in [0.05, 0.1) is 12.2 Å². The van der Waals surface area contributed by atoms with Crippen LogP contribution in [0.15, 0.2) is 48.8 Å². The summed E-state index contributed by atoms with van der Waals surface area (Å²) in [6.45, 7) is 4.01. The predicted molar refractivity (Wildman–Crippen MR) is 88.7 cm³/mol. The number of hydrogen-bond donors (Lipinski definition) is 2. The number of nitrogens with zero attached hydrogens (tertiary/aromatic N) is 1. The van der Waals surface area contributed by atoms with Gasteiger partial charge in [0.2, 0.25) is 0 Å². The number of hydrogen-bond acceptors (Lipinski definition) is 5. The molecule has 2 rings (SSSR count). The van der Waals surface area contributed by atoms with Crippen molar-refractivity contribution in [2.75, 3.05) is 6.61 Å². The molecule has 0 aliphatic carbocycles. The van der Waals surface area contributed by atoms with E-state index in [0.717, 1.165) is 0 Å². The molecule has 2 N–H and O–H groups in total. The predicted octanol–water partition coefficient (Wildman–Crippen LogP) is 0.947. The number of amides is 2. The Bertz CT molecular complexity index is 716. The Morgan fingerprint density at radius 1 is 1.08 bits per heavy atom.